The zero-order chi connectivity index (χ0) is 13.9. The van der Waals surface area contributed by atoms with Gasteiger partial charge >= 0.3 is 0 Å². The SMILES string of the molecule is CCCCNC(=S)N/N=C\C1=CC[C@@H]2C[C@H]1C2(C)C. The first-order valence-electron chi connectivity index (χ1n) is 7.32. The molecule has 0 heterocycles. The van der Waals surface area contributed by atoms with Crippen molar-refractivity contribution < 1.29 is 0 Å². The molecule has 0 radical (unpaired) electrons. The summed E-state index contributed by atoms with van der Waals surface area (Å²) in [6.45, 7) is 7.82. The van der Waals surface area contributed by atoms with E-state index in [9.17, 15) is 0 Å². The Hall–Kier alpha value is -0.900. The number of rotatable bonds is 5. The highest BCUT2D eigenvalue weighted by Gasteiger charge is 2.50. The fraction of sp³-hybridized carbons (Fsp3) is 0.733. The van der Waals surface area contributed by atoms with Crippen LogP contribution < -0.4 is 10.7 Å². The predicted octanol–water partition coefficient (Wildman–Crippen LogP) is 3.23. The van der Waals surface area contributed by atoms with E-state index in [2.05, 4.69) is 42.7 Å². The number of hydrogen-bond donors (Lipinski definition) is 2. The summed E-state index contributed by atoms with van der Waals surface area (Å²) < 4.78 is 0. The molecule has 3 nitrogen and oxygen atoms in total. The van der Waals surface area contributed by atoms with Gasteiger partial charge < -0.3 is 5.32 Å². The normalized spacial score (nSPS) is 27.6. The maximum Gasteiger partial charge on any atom is 0.186 e. The number of thiocarbonyl (C=S) groups is 1. The van der Waals surface area contributed by atoms with E-state index in [1.807, 2.05) is 6.21 Å². The number of nitrogens with one attached hydrogen (secondary N) is 2. The molecule has 4 heteroatoms. The van der Waals surface area contributed by atoms with Gasteiger partial charge in [-0.3, -0.25) is 5.43 Å². The van der Waals surface area contributed by atoms with Gasteiger partial charge in [-0.1, -0.05) is 33.3 Å². The molecule has 3 aliphatic rings. The molecule has 0 unspecified atom stereocenters. The second-order valence-electron chi connectivity index (χ2n) is 6.23. The first kappa shape index (κ1) is 14.5. The highest BCUT2D eigenvalue weighted by atomic mass is 32.1. The predicted molar refractivity (Wildman–Crippen MR) is 85.2 cm³/mol. The van der Waals surface area contributed by atoms with Gasteiger partial charge in [-0.05, 0) is 54.3 Å². The topological polar surface area (TPSA) is 36.4 Å². The highest BCUT2D eigenvalue weighted by molar-refractivity contribution is 7.80. The van der Waals surface area contributed by atoms with Gasteiger partial charge in [-0.25, -0.2) is 0 Å². The number of hydrogen-bond acceptors (Lipinski definition) is 2. The standard InChI is InChI=1S/C15H25N3S/c1-4-5-8-16-14(19)18-17-10-11-6-7-12-9-13(11)15(12,2)3/h6,10,12-13H,4-5,7-9H2,1-3H3,(H2,16,18,19)/b17-10-/t12-,13-/m1/s1. The molecule has 0 aromatic carbocycles. The first-order valence-corrected chi connectivity index (χ1v) is 7.73. The van der Waals surface area contributed by atoms with E-state index >= 15 is 0 Å². The van der Waals surface area contributed by atoms with Crippen molar-refractivity contribution in [2.75, 3.05) is 6.54 Å². The van der Waals surface area contributed by atoms with Crippen molar-refractivity contribution in [3.8, 4) is 0 Å². The summed E-state index contributed by atoms with van der Waals surface area (Å²) >= 11 is 5.16. The number of allylic oxidation sites excluding steroid dienone is 2. The summed E-state index contributed by atoms with van der Waals surface area (Å²) in [6, 6.07) is 0. The Bertz CT molecular complexity index is 398. The Morgan fingerprint density at radius 2 is 2.37 bits per heavy atom. The van der Waals surface area contributed by atoms with Gasteiger partial charge in [-0.15, -0.1) is 0 Å². The third-order valence-corrected chi connectivity index (χ3v) is 4.94. The third kappa shape index (κ3) is 3.16. The van der Waals surface area contributed by atoms with Crippen LogP contribution in [0.5, 0.6) is 0 Å². The molecule has 2 atom stereocenters. The summed E-state index contributed by atoms with van der Waals surface area (Å²) in [5.74, 6) is 1.55. The Morgan fingerprint density at radius 3 is 3.00 bits per heavy atom. The second-order valence-corrected chi connectivity index (χ2v) is 6.63. The molecular weight excluding hydrogens is 254 g/mol. The smallest absolute Gasteiger partial charge is 0.186 e. The van der Waals surface area contributed by atoms with Crippen LogP contribution in [0.25, 0.3) is 0 Å². The van der Waals surface area contributed by atoms with Crippen LogP contribution in [0.1, 0.15) is 46.5 Å². The van der Waals surface area contributed by atoms with Crippen LogP contribution in [-0.4, -0.2) is 17.9 Å². The van der Waals surface area contributed by atoms with Gasteiger partial charge in [0.2, 0.25) is 0 Å². The number of fused-ring (bicyclic) bond motifs is 1. The Kier molecular flexibility index (Phi) is 4.61. The van der Waals surface area contributed by atoms with Crippen molar-refractivity contribution in [2.24, 2.45) is 22.4 Å². The van der Waals surface area contributed by atoms with E-state index in [1.54, 1.807) is 0 Å². The van der Waals surface area contributed by atoms with Gasteiger partial charge in [0.1, 0.15) is 0 Å². The van der Waals surface area contributed by atoms with Crippen molar-refractivity contribution in [1.82, 2.24) is 10.7 Å². The van der Waals surface area contributed by atoms with Gasteiger partial charge in [0.25, 0.3) is 0 Å². The number of hydrazone groups is 1. The molecule has 0 saturated heterocycles. The minimum absolute atomic E-state index is 0.454. The summed E-state index contributed by atoms with van der Waals surface area (Å²) in [4.78, 5) is 0. The van der Waals surface area contributed by atoms with Crippen LogP contribution in [-0.2, 0) is 0 Å². The molecule has 3 rings (SSSR count). The van der Waals surface area contributed by atoms with E-state index in [1.165, 1.54) is 24.8 Å². The lowest BCUT2D eigenvalue weighted by Gasteiger charge is -2.55. The molecule has 0 amide bonds. The van der Waals surface area contributed by atoms with Crippen molar-refractivity contribution in [3.63, 3.8) is 0 Å². The van der Waals surface area contributed by atoms with Gasteiger partial charge in [0.05, 0.1) is 6.21 Å². The summed E-state index contributed by atoms with van der Waals surface area (Å²) in [5, 5.41) is 8.03. The average molecular weight is 279 g/mol. The number of nitrogens with zero attached hydrogens (tertiary/aromatic N) is 1. The zero-order valence-electron chi connectivity index (χ0n) is 12.2. The maximum absolute atomic E-state index is 5.16. The summed E-state index contributed by atoms with van der Waals surface area (Å²) in [6.07, 6.45) is 9.12. The van der Waals surface area contributed by atoms with E-state index in [0.717, 1.165) is 18.9 Å². The Morgan fingerprint density at radius 1 is 1.58 bits per heavy atom. The minimum Gasteiger partial charge on any atom is -0.361 e. The van der Waals surface area contributed by atoms with Crippen molar-refractivity contribution in [3.05, 3.63) is 11.6 Å². The van der Waals surface area contributed by atoms with Crippen molar-refractivity contribution in [1.29, 1.82) is 0 Å². The van der Waals surface area contributed by atoms with E-state index in [-0.39, 0.29) is 0 Å². The molecule has 1 saturated carbocycles. The van der Waals surface area contributed by atoms with Crippen LogP contribution in [0.15, 0.2) is 16.8 Å². The Labute approximate surface area is 121 Å². The molecule has 0 aromatic rings. The van der Waals surface area contributed by atoms with Crippen LogP contribution in [0.4, 0.5) is 0 Å². The van der Waals surface area contributed by atoms with Crippen molar-refractivity contribution in [2.45, 2.75) is 46.5 Å². The fourth-order valence-corrected chi connectivity index (χ4v) is 3.28. The molecule has 1 fully saturated rings. The monoisotopic (exact) mass is 279 g/mol. The quantitative estimate of drug-likeness (QED) is 0.351. The molecule has 106 valence electrons. The molecule has 19 heavy (non-hydrogen) atoms. The van der Waals surface area contributed by atoms with E-state index in [4.69, 9.17) is 12.2 Å². The Balaban J connectivity index is 1.77. The lowest BCUT2D eigenvalue weighted by molar-refractivity contribution is -0.00126. The lowest BCUT2D eigenvalue weighted by atomic mass is 9.49. The fourth-order valence-electron chi connectivity index (χ4n) is 3.13. The van der Waals surface area contributed by atoms with E-state index < -0.39 is 0 Å². The van der Waals surface area contributed by atoms with Gasteiger partial charge in [0.15, 0.2) is 5.11 Å². The number of unbranched alkanes of at least 4 members (excludes halogenated alkanes) is 1. The zero-order valence-corrected chi connectivity index (χ0v) is 13.0. The third-order valence-electron chi connectivity index (χ3n) is 4.71. The lowest BCUT2D eigenvalue weighted by Crippen LogP contribution is -2.48. The summed E-state index contributed by atoms with van der Waals surface area (Å²) in [5.41, 5.74) is 4.73. The maximum atomic E-state index is 5.16. The highest BCUT2D eigenvalue weighted by Crippen LogP contribution is 2.58. The molecule has 0 aliphatic heterocycles. The van der Waals surface area contributed by atoms with Crippen LogP contribution in [0.3, 0.4) is 0 Å². The van der Waals surface area contributed by atoms with Crippen molar-refractivity contribution >= 4 is 23.5 Å². The van der Waals surface area contributed by atoms with Crippen LogP contribution in [0, 0.1) is 17.3 Å². The molecule has 2 N–H and O–H groups in total. The second kappa shape index (κ2) is 6.04. The van der Waals surface area contributed by atoms with E-state index in [0.29, 0.717) is 16.4 Å². The molecule has 2 bridgehead atoms. The molecule has 3 aliphatic carbocycles. The van der Waals surface area contributed by atoms with Crippen LogP contribution >= 0.6 is 12.2 Å². The minimum atomic E-state index is 0.454. The average Bonchev–Trinajstić information content (AvgIpc) is 2.39. The largest absolute Gasteiger partial charge is 0.361 e. The van der Waals surface area contributed by atoms with Gasteiger partial charge in [-0.2, -0.15) is 5.10 Å². The van der Waals surface area contributed by atoms with Gasteiger partial charge in [0, 0.05) is 6.54 Å². The van der Waals surface area contributed by atoms with Crippen LogP contribution in [0.2, 0.25) is 0 Å². The summed E-state index contributed by atoms with van der Waals surface area (Å²) in [7, 11) is 0. The molecular formula is C15H25N3S. The molecule has 0 spiro atoms. The first-order chi connectivity index (χ1) is 9.05. The molecule has 0 aromatic heterocycles.